The minimum absolute atomic E-state index is 0.540. The highest BCUT2D eigenvalue weighted by atomic mass is 16.5. The summed E-state index contributed by atoms with van der Waals surface area (Å²) >= 11 is 0. The Kier molecular flexibility index (Phi) is 5.90. The molecule has 90 valence electrons. The molecule has 1 rings (SSSR count). The summed E-state index contributed by atoms with van der Waals surface area (Å²) in [6, 6.07) is 8.14. The fourth-order valence-electron chi connectivity index (χ4n) is 1.56. The third-order valence-electron chi connectivity index (χ3n) is 2.66. The van der Waals surface area contributed by atoms with E-state index in [4.69, 9.17) is 10.5 Å². The van der Waals surface area contributed by atoms with Gasteiger partial charge in [0.05, 0.1) is 7.11 Å². The van der Waals surface area contributed by atoms with E-state index in [9.17, 15) is 0 Å². The topological polar surface area (TPSA) is 47.3 Å². The molecular weight excluding hydrogens is 200 g/mol. The molecule has 0 bridgehead atoms. The van der Waals surface area contributed by atoms with Crippen LogP contribution >= 0.6 is 0 Å². The molecule has 0 aliphatic rings. The van der Waals surface area contributed by atoms with E-state index in [0.29, 0.717) is 5.92 Å². The number of para-hydroxylation sites is 1. The Morgan fingerprint density at radius 2 is 2.12 bits per heavy atom. The molecule has 16 heavy (non-hydrogen) atoms. The molecule has 1 aromatic rings. The van der Waals surface area contributed by atoms with Crippen molar-refractivity contribution in [3.63, 3.8) is 0 Å². The summed E-state index contributed by atoms with van der Waals surface area (Å²) in [5.74, 6) is 1.51. The van der Waals surface area contributed by atoms with Gasteiger partial charge in [-0.05, 0) is 43.6 Å². The van der Waals surface area contributed by atoms with E-state index in [0.717, 1.165) is 31.8 Å². The van der Waals surface area contributed by atoms with Gasteiger partial charge in [0.15, 0.2) is 0 Å². The Hall–Kier alpha value is -1.06. The van der Waals surface area contributed by atoms with E-state index in [-0.39, 0.29) is 0 Å². The summed E-state index contributed by atoms with van der Waals surface area (Å²) in [4.78, 5) is 0. The van der Waals surface area contributed by atoms with Gasteiger partial charge in [0.2, 0.25) is 0 Å². The fraction of sp³-hybridized carbons (Fsp3) is 0.538. The summed E-state index contributed by atoms with van der Waals surface area (Å²) < 4.78 is 5.30. The summed E-state index contributed by atoms with van der Waals surface area (Å²) in [6.07, 6.45) is 0.987. The Labute approximate surface area is 98.0 Å². The van der Waals surface area contributed by atoms with E-state index in [2.05, 4.69) is 18.3 Å². The molecule has 3 nitrogen and oxygen atoms in total. The first-order chi connectivity index (χ1) is 7.77. The van der Waals surface area contributed by atoms with Crippen LogP contribution in [-0.2, 0) is 6.42 Å². The average molecular weight is 222 g/mol. The lowest BCUT2D eigenvalue weighted by Gasteiger charge is -2.11. The number of hydrogen-bond acceptors (Lipinski definition) is 3. The van der Waals surface area contributed by atoms with Crippen LogP contribution in [0.25, 0.3) is 0 Å². The highest BCUT2D eigenvalue weighted by Gasteiger charge is 2.01. The Morgan fingerprint density at radius 1 is 1.38 bits per heavy atom. The van der Waals surface area contributed by atoms with Crippen molar-refractivity contribution in [3.05, 3.63) is 29.8 Å². The first kappa shape index (κ1) is 13.0. The molecule has 0 aliphatic carbocycles. The standard InChI is InChI=1S/C13H22N2O/c1-11(9-14)10-15-8-7-12-5-3-4-6-13(12)16-2/h3-6,11,15H,7-10,14H2,1-2H3. The molecule has 0 saturated heterocycles. The molecule has 3 heteroatoms. The van der Waals surface area contributed by atoms with Crippen molar-refractivity contribution in [1.82, 2.24) is 5.32 Å². The van der Waals surface area contributed by atoms with Crippen LogP contribution in [0, 0.1) is 5.92 Å². The van der Waals surface area contributed by atoms with E-state index in [1.807, 2.05) is 18.2 Å². The van der Waals surface area contributed by atoms with Crippen molar-refractivity contribution in [2.45, 2.75) is 13.3 Å². The van der Waals surface area contributed by atoms with Gasteiger partial charge in [-0.2, -0.15) is 0 Å². The molecule has 0 aliphatic heterocycles. The third-order valence-corrected chi connectivity index (χ3v) is 2.66. The summed E-state index contributed by atoms with van der Waals surface area (Å²) in [5, 5.41) is 3.40. The molecule has 0 saturated carbocycles. The zero-order valence-electron chi connectivity index (χ0n) is 10.2. The van der Waals surface area contributed by atoms with Crippen LogP contribution in [0.15, 0.2) is 24.3 Å². The number of nitrogens with one attached hydrogen (secondary N) is 1. The van der Waals surface area contributed by atoms with Gasteiger partial charge in [-0.1, -0.05) is 25.1 Å². The normalized spacial score (nSPS) is 12.4. The van der Waals surface area contributed by atoms with Crippen LogP contribution in [-0.4, -0.2) is 26.7 Å². The van der Waals surface area contributed by atoms with Crippen LogP contribution in [0.2, 0.25) is 0 Å². The van der Waals surface area contributed by atoms with Crippen molar-refractivity contribution in [1.29, 1.82) is 0 Å². The maximum Gasteiger partial charge on any atom is 0.122 e. The lowest BCUT2D eigenvalue weighted by Crippen LogP contribution is -2.27. The lowest BCUT2D eigenvalue weighted by molar-refractivity contribution is 0.408. The van der Waals surface area contributed by atoms with Crippen LogP contribution < -0.4 is 15.8 Å². The van der Waals surface area contributed by atoms with Crippen molar-refractivity contribution in [2.75, 3.05) is 26.7 Å². The van der Waals surface area contributed by atoms with E-state index in [1.165, 1.54) is 5.56 Å². The second-order valence-electron chi connectivity index (χ2n) is 4.11. The van der Waals surface area contributed by atoms with E-state index in [1.54, 1.807) is 7.11 Å². The molecule has 0 spiro atoms. The highest BCUT2D eigenvalue weighted by Crippen LogP contribution is 2.17. The Bertz CT molecular complexity index is 302. The predicted octanol–water partition coefficient (Wildman–Crippen LogP) is 1.42. The first-order valence-electron chi connectivity index (χ1n) is 5.80. The lowest BCUT2D eigenvalue weighted by atomic mass is 10.1. The molecule has 0 amide bonds. The largest absolute Gasteiger partial charge is 0.496 e. The third kappa shape index (κ3) is 4.21. The first-order valence-corrected chi connectivity index (χ1v) is 5.80. The zero-order chi connectivity index (χ0) is 11.8. The molecule has 0 heterocycles. The van der Waals surface area contributed by atoms with Crippen LogP contribution in [0.3, 0.4) is 0 Å². The molecule has 0 radical (unpaired) electrons. The van der Waals surface area contributed by atoms with Crippen molar-refractivity contribution in [3.8, 4) is 5.75 Å². The molecule has 0 fully saturated rings. The van der Waals surface area contributed by atoms with Gasteiger partial charge in [-0.25, -0.2) is 0 Å². The Morgan fingerprint density at radius 3 is 2.81 bits per heavy atom. The monoisotopic (exact) mass is 222 g/mol. The summed E-state index contributed by atoms with van der Waals surface area (Å²) in [6.45, 7) is 4.83. The maximum absolute atomic E-state index is 5.55. The molecular formula is C13H22N2O. The molecule has 1 atom stereocenters. The molecule has 3 N–H and O–H groups in total. The second kappa shape index (κ2) is 7.25. The van der Waals surface area contributed by atoms with Crippen molar-refractivity contribution < 1.29 is 4.74 Å². The highest BCUT2D eigenvalue weighted by molar-refractivity contribution is 5.33. The van der Waals surface area contributed by atoms with Crippen LogP contribution in [0.1, 0.15) is 12.5 Å². The quantitative estimate of drug-likeness (QED) is 0.686. The minimum Gasteiger partial charge on any atom is -0.496 e. The molecule has 0 aromatic heterocycles. The minimum atomic E-state index is 0.540. The van der Waals surface area contributed by atoms with E-state index >= 15 is 0 Å². The summed E-state index contributed by atoms with van der Waals surface area (Å²) in [7, 11) is 1.71. The zero-order valence-corrected chi connectivity index (χ0v) is 10.2. The number of nitrogens with two attached hydrogens (primary N) is 1. The van der Waals surface area contributed by atoms with Gasteiger partial charge in [0.1, 0.15) is 5.75 Å². The summed E-state index contributed by atoms with van der Waals surface area (Å²) in [5.41, 5.74) is 6.80. The van der Waals surface area contributed by atoms with Gasteiger partial charge < -0.3 is 15.8 Å². The van der Waals surface area contributed by atoms with Crippen LogP contribution in [0.4, 0.5) is 0 Å². The Balaban J connectivity index is 2.31. The SMILES string of the molecule is COc1ccccc1CCNCC(C)CN. The second-order valence-corrected chi connectivity index (χ2v) is 4.11. The molecule has 1 aromatic carbocycles. The number of methoxy groups -OCH3 is 1. The maximum atomic E-state index is 5.55. The fourth-order valence-corrected chi connectivity index (χ4v) is 1.56. The van der Waals surface area contributed by atoms with Gasteiger partial charge >= 0.3 is 0 Å². The average Bonchev–Trinajstić information content (AvgIpc) is 2.34. The number of ether oxygens (including phenoxy) is 1. The number of hydrogen-bond donors (Lipinski definition) is 2. The van der Waals surface area contributed by atoms with Crippen molar-refractivity contribution >= 4 is 0 Å². The predicted molar refractivity (Wildman–Crippen MR) is 67.8 cm³/mol. The van der Waals surface area contributed by atoms with Gasteiger partial charge in [0.25, 0.3) is 0 Å². The van der Waals surface area contributed by atoms with Gasteiger partial charge in [-0.15, -0.1) is 0 Å². The smallest absolute Gasteiger partial charge is 0.122 e. The van der Waals surface area contributed by atoms with Gasteiger partial charge in [-0.3, -0.25) is 0 Å². The van der Waals surface area contributed by atoms with Gasteiger partial charge in [0, 0.05) is 0 Å². The number of benzene rings is 1. The van der Waals surface area contributed by atoms with E-state index < -0.39 is 0 Å². The van der Waals surface area contributed by atoms with Crippen molar-refractivity contribution in [2.24, 2.45) is 11.7 Å². The molecule has 1 unspecified atom stereocenters. The van der Waals surface area contributed by atoms with Crippen LogP contribution in [0.5, 0.6) is 5.75 Å². The number of rotatable bonds is 7.